The van der Waals surface area contributed by atoms with Crippen molar-refractivity contribution in [2.24, 2.45) is 12.0 Å². The first-order valence-electron chi connectivity index (χ1n) is 8.07. The molecule has 0 unspecified atom stereocenters. The molecule has 0 atom stereocenters. The summed E-state index contributed by atoms with van der Waals surface area (Å²) < 4.78 is 9.04. The van der Waals surface area contributed by atoms with Crippen molar-refractivity contribution in [3.05, 3.63) is 45.5 Å². The summed E-state index contributed by atoms with van der Waals surface area (Å²) in [5, 5.41) is 4.09. The molecule has 0 saturated heterocycles. The summed E-state index contributed by atoms with van der Waals surface area (Å²) in [6, 6.07) is 4.05. The van der Waals surface area contributed by atoms with E-state index < -0.39 is 5.97 Å². The van der Waals surface area contributed by atoms with Crippen molar-refractivity contribution in [2.45, 2.75) is 27.3 Å². The average Bonchev–Trinajstić information content (AvgIpc) is 3.08. The van der Waals surface area contributed by atoms with E-state index in [1.54, 1.807) is 17.8 Å². The molecule has 0 aliphatic carbocycles. The molecule has 0 fully saturated rings. The Bertz CT molecular complexity index is 1070. The monoisotopic (exact) mass is 372 g/mol. The van der Waals surface area contributed by atoms with Crippen molar-refractivity contribution >= 4 is 33.4 Å². The van der Waals surface area contributed by atoms with Crippen LogP contribution in [0.5, 0.6) is 0 Å². The molecule has 0 saturated carbocycles. The highest BCUT2D eigenvalue weighted by atomic mass is 32.1. The number of hydrogen-bond acceptors (Lipinski definition) is 5. The fraction of sp³-hybridized carbons (Fsp3) is 0.333. The number of ether oxygens (including phenoxy) is 1. The molecule has 7 nitrogen and oxygen atoms in total. The van der Waals surface area contributed by atoms with Gasteiger partial charge in [-0.1, -0.05) is 17.4 Å². The first kappa shape index (κ1) is 18.1. The topological polar surface area (TPSA) is 78.5 Å². The molecule has 0 aliphatic rings. The highest BCUT2D eigenvalue weighted by Gasteiger charge is 2.17. The van der Waals surface area contributed by atoms with Gasteiger partial charge in [-0.15, -0.1) is 0 Å². The van der Waals surface area contributed by atoms with Crippen molar-refractivity contribution in [1.29, 1.82) is 0 Å². The number of hydrogen-bond donors (Lipinski definition) is 0. The maximum atomic E-state index is 12.7. The Kier molecular flexibility index (Phi) is 4.78. The van der Waals surface area contributed by atoms with Crippen molar-refractivity contribution in [3.8, 4) is 0 Å². The second-order valence-corrected chi connectivity index (χ2v) is 7.17. The zero-order valence-corrected chi connectivity index (χ0v) is 16.2. The van der Waals surface area contributed by atoms with Crippen molar-refractivity contribution in [2.75, 3.05) is 7.11 Å². The van der Waals surface area contributed by atoms with Crippen LogP contribution in [-0.4, -0.2) is 33.3 Å². The lowest BCUT2D eigenvalue weighted by molar-refractivity contribution is -0.141. The molecule has 3 aromatic rings. The van der Waals surface area contributed by atoms with Gasteiger partial charge in [0, 0.05) is 12.6 Å². The molecule has 0 radical (unpaired) electrons. The quantitative estimate of drug-likeness (QED) is 0.661. The molecule has 8 heteroatoms. The highest BCUT2D eigenvalue weighted by molar-refractivity contribution is 7.16. The molecule has 2 aromatic heterocycles. The van der Waals surface area contributed by atoms with E-state index in [9.17, 15) is 9.59 Å². The van der Waals surface area contributed by atoms with Gasteiger partial charge in [0.25, 0.3) is 5.91 Å². The molecule has 1 amide bonds. The zero-order valence-electron chi connectivity index (χ0n) is 15.4. The van der Waals surface area contributed by atoms with E-state index in [4.69, 9.17) is 4.74 Å². The van der Waals surface area contributed by atoms with Crippen LogP contribution < -0.4 is 4.80 Å². The fourth-order valence-electron chi connectivity index (χ4n) is 2.94. The summed E-state index contributed by atoms with van der Waals surface area (Å²) >= 11 is 1.39. The van der Waals surface area contributed by atoms with Crippen LogP contribution in [0, 0.1) is 20.8 Å². The Hall–Kier alpha value is -2.74. The normalized spacial score (nSPS) is 12.0. The number of amides is 1. The average molecular weight is 372 g/mol. The molecule has 0 N–H and O–H groups in total. The molecular weight excluding hydrogens is 352 g/mol. The number of methoxy groups -OCH3 is 1. The van der Waals surface area contributed by atoms with Crippen LogP contribution in [0.25, 0.3) is 10.2 Å². The number of aromatic nitrogens is 3. The number of fused-ring (bicyclic) bond motifs is 1. The SMILES string of the molecule is COC(=O)Cn1c(=NC(=O)c2c(C)cnn2C)sc2c(C)cc(C)cc21. The predicted octanol–water partition coefficient (Wildman–Crippen LogP) is 2.28. The van der Waals surface area contributed by atoms with Gasteiger partial charge in [0.15, 0.2) is 4.80 Å². The highest BCUT2D eigenvalue weighted by Crippen LogP contribution is 2.23. The van der Waals surface area contributed by atoms with Crippen LogP contribution in [-0.2, 0) is 23.1 Å². The molecular formula is C18H20N4O3S. The van der Waals surface area contributed by atoms with Gasteiger partial charge in [0.2, 0.25) is 0 Å². The fourth-order valence-corrected chi connectivity index (χ4v) is 4.02. The minimum atomic E-state index is -0.394. The summed E-state index contributed by atoms with van der Waals surface area (Å²) in [5.74, 6) is -0.781. The van der Waals surface area contributed by atoms with Gasteiger partial charge in [-0.25, -0.2) is 0 Å². The first-order chi connectivity index (χ1) is 12.3. The van der Waals surface area contributed by atoms with E-state index >= 15 is 0 Å². The number of benzene rings is 1. The van der Waals surface area contributed by atoms with Gasteiger partial charge in [0.05, 0.1) is 23.5 Å². The van der Waals surface area contributed by atoms with Gasteiger partial charge in [-0.2, -0.15) is 10.1 Å². The summed E-state index contributed by atoms with van der Waals surface area (Å²) in [4.78, 5) is 29.3. The third-order valence-electron chi connectivity index (χ3n) is 4.15. The largest absolute Gasteiger partial charge is 0.468 e. The van der Waals surface area contributed by atoms with Crippen LogP contribution >= 0.6 is 11.3 Å². The number of thiazole rings is 1. The van der Waals surface area contributed by atoms with Crippen molar-refractivity contribution < 1.29 is 14.3 Å². The van der Waals surface area contributed by atoms with E-state index in [1.807, 2.05) is 26.8 Å². The smallest absolute Gasteiger partial charge is 0.325 e. The molecule has 2 heterocycles. The van der Waals surface area contributed by atoms with Crippen LogP contribution in [0.2, 0.25) is 0 Å². The lowest BCUT2D eigenvalue weighted by Gasteiger charge is -2.05. The number of rotatable bonds is 3. The number of aryl methyl sites for hydroxylation is 4. The van der Waals surface area contributed by atoms with Gasteiger partial charge in [-0.05, 0) is 38.0 Å². The molecule has 1 aromatic carbocycles. The second-order valence-electron chi connectivity index (χ2n) is 6.19. The van der Waals surface area contributed by atoms with Gasteiger partial charge in [-0.3, -0.25) is 14.3 Å². The molecule has 0 aliphatic heterocycles. The molecule has 0 spiro atoms. The van der Waals surface area contributed by atoms with Crippen molar-refractivity contribution in [1.82, 2.24) is 14.3 Å². The lowest BCUT2D eigenvalue weighted by atomic mass is 10.1. The number of carbonyl (C=O) groups excluding carboxylic acids is 2. The van der Waals surface area contributed by atoms with Gasteiger partial charge < -0.3 is 9.30 Å². The first-order valence-corrected chi connectivity index (χ1v) is 8.88. The number of carbonyl (C=O) groups is 2. The number of esters is 1. The molecule has 3 rings (SSSR count). The predicted molar refractivity (Wildman–Crippen MR) is 99.1 cm³/mol. The lowest BCUT2D eigenvalue weighted by Crippen LogP contribution is -2.23. The van der Waals surface area contributed by atoms with Crippen LogP contribution in [0.4, 0.5) is 0 Å². The van der Waals surface area contributed by atoms with E-state index in [0.717, 1.165) is 26.9 Å². The Morgan fingerprint density at radius 3 is 2.58 bits per heavy atom. The summed E-state index contributed by atoms with van der Waals surface area (Å²) in [6.07, 6.45) is 1.63. The third-order valence-corrected chi connectivity index (χ3v) is 5.38. The van der Waals surface area contributed by atoms with E-state index in [-0.39, 0.29) is 12.5 Å². The molecule has 136 valence electrons. The Balaban J connectivity index is 2.24. The maximum absolute atomic E-state index is 12.7. The third kappa shape index (κ3) is 3.20. The van der Waals surface area contributed by atoms with Gasteiger partial charge >= 0.3 is 5.97 Å². The summed E-state index contributed by atoms with van der Waals surface area (Å²) in [6.45, 7) is 5.81. The summed E-state index contributed by atoms with van der Waals surface area (Å²) in [5.41, 5.74) is 4.21. The minimum absolute atomic E-state index is 0.00409. The Morgan fingerprint density at radius 2 is 1.96 bits per heavy atom. The van der Waals surface area contributed by atoms with E-state index in [1.165, 1.54) is 23.1 Å². The van der Waals surface area contributed by atoms with E-state index in [0.29, 0.717) is 10.5 Å². The summed E-state index contributed by atoms with van der Waals surface area (Å²) in [7, 11) is 3.05. The van der Waals surface area contributed by atoms with E-state index in [2.05, 4.69) is 16.2 Å². The van der Waals surface area contributed by atoms with Crippen LogP contribution in [0.15, 0.2) is 23.3 Å². The molecule has 26 heavy (non-hydrogen) atoms. The van der Waals surface area contributed by atoms with Crippen LogP contribution in [0.3, 0.4) is 0 Å². The number of nitrogens with zero attached hydrogens (tertiary/aromatic N) is 4. The van der Waals surface area contributed by atoms with Gasteiger partial charge in [0.1, 0.15) is 12.2 Å². The minimum Gasteiger partial charge on any atom is -0.468 e. The molecule has 0 bridgehead atoms. The second kappa shape index (κ2) is 6.87. The Morgan fingerprint density at radius 1 is 1.23 bits per heavy atom. The standard InChI is InChI=1S/C18H20N4O3S/c1-10-6-11(2)16-13(7-10)22(9-14(23)25-5)18(26-16)20-17(24)15-12(3)8-19-21(15)4/h6-8H,9H2,1-5H3. The van der Waals surface area contributed by atoms with Crippen molar-refractivity contribution in [3.63, 3.8) is 0 Å². The Labute approximate surface area is 154 Å². The maximum Gasteiger partial charge on any atom is 0.325 e. The van der Waals surface area contributed by atoms with Crippen LogP contribution in [0.1, 0.15) is 27.2 Å². The zero-order chi connectivity index (χ0) is 19.0.